The highest BCUT2D eigenvalue weighted by Crippen LogP contribution is 2.37. The van der Waals surface area contributed by atoms with Crippen LogP contribution in [0.5, 0.6) is 5.75 Å². The van der Waals surface area contributed by atoms with Gasteiger partial charge in [-0.1, -0.05) is 0 Å². The zero-order chi connectivity index (χ0) is 22.5. The van der Waals surface area contributed by atoms with Crippen molar-refractivity contribution >= 4 is 23.2 Å². The molecule has 4 rings (SSSR count). The quantitative estimate of drug-likeness (QED) is 0.580. The molecule has 2 saturated heterocycles. The standard InChI is InChI=1S/C24H33ClN4O3/c1-31-22-12-19(5-4-16(22)14-26)27-15-18-10-17-11-20(25)23(13-21(17)28-24(18)30)32-9-8-29-6-2-3-7-29/h4-5,12,17-18,20-21,23,27H,2-3,6-11,13,15H2,1H3,(H,28,30). The number of likely N-dealkylation sites (tertiary alicyclic amines) is 1. The molecule has 32 heavy (non-hydrogen) atoms. The molecule has 0 aromatic heterocycles. The number of methoxy groups -OCH3 is 1. The molecule has 174 valence electrons. The highest BCUT2D eigenvalue weighted by atomic mass is 35.5. The minimum absolute atomic E-state index is 0.00149. The minimum atomic E-state index is -0.116. The molecule has 7 nitrogen and oxygen atoms in total. The van der Waals surface area contributed by atoms with Crippen LogP contribution < -0.4 is 15.4 Å². The predicted molar refractivity (Wildman–Crippen MR) is 124 cm³/mol. The molecule has 2 heterocycles. The number of benzene rings is 1. The molecule has 1 aliphatic carbocycles. The Bertz CT molecular complexity index is 839. The highest BCUT2D eigenvalue weighted by Gasteiger charge is 2.43. The molecule has 0 bridgehead atoms. The number of piperidine rings is 1. The van der Waals surface area contributed by atoms with E-state index in [4.69, 9.17) is 26.3 Å². The average Bonchev–Trinajstić information content (AvgIpc) is 3.32. The van der Waals surface area contributed by atoms with E-state index in [0.29, 0.717) is 30.4 Å². The molecule has 5 atom stereocenters. The van der Waals surface area contributed by atoms with Crippen molar-refractivity contribution in [2.45, 2.75) is 49.6 Å². The molecule has 1 aromatic rings. The molecular formula is C24H33ClN4O3. The molecule has 2 aliphatic heterocycles. The number of alkyl halides is 1. The molecule has 0 spiro atoms. The van der Waals surface area contributed by atoms with Crippen molar-refractivity contribution in [1.29, 1.82) is 5.26 Å². The third-order valence-electron chi connectivity index (χ3n) is 7.09. The van der Waals surface area contributed by atoms with Crippen molar-refractivity contribution in [3.8, 4) is 11.8 Å². The highest BCUT2D eigenvalue weighted by molar-refractivity contribution is 6.21. The van der Waals surface area contributed by atoms with Crippen molar-refractivity contribution in [1.82, 2.24) is 10.2 Å². The van der Waals surface area contributed by atoms with Gasteiger partial charge in [0.2, 0.25) is 5.91 Å². The van der Waals surface area contributed by atoms with E-state index in [1.807, 2.05) is 6.07 Å². The fourth-order valence-electron chi connectivity index (χ4n) is 5.23. The van der Waals surface area contributed by atoms with E-state index in [2.05, 4.69) is 21.6 Å². The van der Waals surface area contributed by atoms with Crippen molar-refractivity contribution in [3.63, 3.8) is 0 Å². The van der Waals surface area contributed by atoms with Gasteiger partial charge in [-0.3, -0.25) is 4.79 Å². The Labute approximate surface area is 195 Å². The van der Waals surface area contributed by atoms with E-state index >= 15 is 0 Å². The number of hydrogen-bond donors (Lipinski definition) is 2. The van der Waals surface area contributed by atoms with Crippen LogP contribution in [0.3, 0.4) is 0 Å². The summed E-state index contributed by atoms with van der Waals surface area (Å²) in [6, 6.07) is 7.60. The summed E-state index contributed by atoms with van der Waals surface area (Å²) in [7, 11) is 1.55. The zero-order valence-electron chi connectivity index (χ0n) is 18.7. The van der Waals surface area contributed by atoms with E-state index in [1.54, 1.807) is 19.2 Å². The lowest BCUT2D eigenvalue weighted by atomic mass is 9.74. The predicted octanol–water partition coefficient (Wildman–Crippen LogP) is 2.98. The number of carbonyl (C=O) groups excluding carboxylic acids is 1. The smallest absolute Gasteiger partial charge is 0.225 e. The van der Waals surface area contributed by atoms with Gasteiger partial charge in [-0.25, -0.2) is 0 Å². The molecule has 2 N–H and O–H groups in total. The maximum atomic E-state index is 12.8. The van der Waals surface area contributed by atoms with Crippen molar-refractivity contribution in [2.24, 2.45) is 11.8 Å². The van der Waals surface area contributed by atoms with Crippen LogP contribution in [-0.4, -0.2) is 68.2 Å². The number of fused-ring (bicyclic) bond motifs is 1. The first-order valence-corrected chi connectivity index (χ1v) is 12.1. The lowest BCUT2D eigenvalue weighted by Gasteiger charge is -2.44. The molecule has 3 fully saturated rings. The number of anilines is 1. The Morgan fingerprint density at radius 2 is 2.09 bits per heavy atom. The summed E-state index contributed by atoms with van der Waals surface area (Å²) in [4.78, 5) is 15.2. The Kier molecular flexibility index (Phi) is 7.77. The van der Waals surface area contributed by atoms with E-state index in [0.717, 1.165) is 31.5 Å². The van der Waals surface area contributed by atoms with E-state index in [9.17, 15) is 4.79 Å². The summed E-state index contributed by atoms with van der Waals surface area (Å²) < 4.78 is 11.4. The second kappa shape index (κ2) is 10.7. The number of nitrogens with zero attached hydrogens (tertiary/aromatic N) is 2. The topological polar surface area (TPSA) is 86.6 Å². The molecule has 1 amide bonds. The second-order valence-corrected chi connectivity index (χ2v) is 9.72. The summed E-state index contributed by atoms with van der Waals surface area (Å²) in [5.74, 6) is 0.868. The normalized spacial score (nSPS) is 30.3. The number of halogens is 1. The molecule has 0 radical (unpaired) electrons. The largest absolute Gasteiger partial charge is 0.495 e. The van der Waals surface area contributed by atoms with Gasteiger partial charge in [0.1, 0.15) is 11.8 Å². The Morgan fingerprint density at radius 1 is 1.28 bits per heavy atom. The van der Waals surface area contributed by atoms with Gasteiger partial charge in [0.15, 0.2) is 0 Å². The van der Waals surface area contributed by atoms with Crippen LogP contribution in [-0.2, 0) is 9.53 Å². The van der Waals surface area contributed by atoms with Crippen LogP contribution in [0.25, 0.3) is 0 Å². The summed E-state index contributed by atoms with van der Waals surface area (Å²) in [6.07, 6.45) is 5.04. The van der Waals surface area contributed by atoms with Crippen molar-refractivity contribution in [3.05, 3.63) is 23.8 Å². The maximum Gasteiger partial charge on any atom is 0.225 e. The number of hydrogen-bond acceptors (Lipinski definition) is 6. The lowest BCUT2D eigenvalue weighted by Crippen LogP contribution is -2.56. The monoisotopic (exact) mass is 460 g/mol. The van der Waals surface area contributed by atoms with Gasteiger partial charge in [0.25, 0.3) is 0 Å². The number of rotatable bonds is 8. The van der Waals surface area contributed by atoms with Gasteiger partial charge in [0.05, 0.1) is 36.7 Å². The fraction of sp³-hybridized carbons (Fsp3) is 0.667. The van der Waals surface area contributed by atoms with Crippen LogP contribution >= 0.6 is 11.6 Å². The maximum absolute atomic E-state index is 12.8. The van der Waals surface area contributed by atoms with E-state index < -0.39 is 0 Å². The summed E-state index contributed by atoms with van der Waals surface area (Å²) >= 11 is 6.71. The molecule has 8 heteroatoms. The molecule has 1 aromatic carbocycles. The summed E-state index contributed by atoms with van der Waals surface area (Å²) in [5.41, 5.74) is 1.32. The SMILES string of the molecule is COc1cc(NCC2CC3CC(Cl)C(OCCN4CCCC4)CC3NC2=O)ccc1C#N. The van der Waals surface area contributed by atoms with Gasteiger partial charge in [0, 0.05) is 30.9 Å². The van der Waals surface area contributed by atoms with E-state index in [-0.39, 0.29) is 29.3 Å². The number of nitriles is 1. The van der Waals surface area contributed by atoms with E-state index in [1.165, 1.54) is 25.9 Å². The molecule has 5 unspecified atom stereocenters. The van der Waals surface area contributed by atoms with Crippen molar-refractivity contribution in [2.75, 3.05) is 45.2 Å². The van der Waals surface area contributed by atoms with Gasteiger partial charge >= 0.3 is 0 Å². The van der Waals surface area contributed by atoms with Gasteiger partial charge in [-0.05, 0) is 63.2 Å². The number of nitrogens with one attached hydrogen (secondary N) is 2. The number of ether oxygens (including phenoxy) is 2. The summed E-state index contributed by atoms with van der Waals surface area (Å²) in [6.45, 7) is 4.55. The Hall–Kier alpha value is -2.01. The molecular weight excluding hydrogens is 428 g/mol. The lowest BCUT2D eigenvalue weighted by molar-refractivity contribution is -0.130. The third-order valence-corrected chi connectivity index (χ3v) is 7.54. The Balaban J connectivity index is 1.27. The minimum Gasteiger partial charge on any atom is -0.495 e. The number of carbonyl (C=O) groups is 1. The Morgan fingerprint density at radius 3 is 2.84 bits per heavy atom. The average molecular weight is 461 g/mol. The van der Waals surface area contributed by atoms with Gasteiger partial charge in [-0.15, -0.1) is 11.6 Å². The third kappa shape index (κ3) is 5.48. The van der Waals surface area contributed by atoms with Crippen LogP contribution in [0.2, 0.25) is 0 Å². The fourth-order valence-corrected chi connectivity index (χ4v) is 5.63. The van der Waals surface area contributed by atoms with Crippen LogP contribution in [0, 0.1) is 23.2 Å². The van der Waals surface area contributed by atoms with Crippen LogP contribution in [0.15, 0.2) is 18.2 Å². The molecule has 3 aliphatic rings. The zero-order valence-corrected chi connectivity index (χ0v) is 19.4. The first kappa shape index (κ1) is 23.2. The van der Waals surface area contributed by atoms with Gasteiger partial charge < -0.3 is 25.0 Å². The van der Waals surface area contributed by atoms with Gasteiger partial charge in [-0.2, -0.15) is 5.26 Å². The molecule has 1 saturated carbocycles. The summed E-state index contributed by atoms with van der Waals surface area (Å²) in [5, 5.41) is 15.7. The first-order valence-electron chi connectivity index (χ1n) is 11.7. The number of amides is 1. The van der Waals surface area contributed by atoms with Crippen LogP contribution in [0.4, 0.5) is 5.69 Å². The first-order chi connectivity index (χ1) is 15.6. The van der Waals surface area contributed by atoms with Crippen LogP contribution in [0.1, 0.15) is 37.7 Å². The van der Waals surface area contributed by atoms with Crippen molar-refractivity contribution < 1.29 is 14.3 Å². The second-order valence-electron chi connectivity index (χ2n) is 9.16.